The molecule has 0 N–H and O–H groups in total. The van der Waals surface area contributed by atoms with Crippen molar-refractivity contribution in [1.82, 2.24) is 29.7 Å². The van der Waals surface area contributed by atoms with E-state index >= 15 is 0 Å². The van der Waals surface area contributed by atoms with Crippen molar-refractivity contribution in [2.24, 2.45) is 7.05 Å². The minimum atomic E-state index is 0.436. The lowest BCUT2D eigenvalue weighted by atomic mass is 10.1. The quantitative estimate of drug-likeness (QED) is 0.742. The van der Waals surface area contributed by atoms with Crippen LogP contribution in [0, 0.1) is 0 Å². The molecule has 0 saturated carbocycles. The third-order valence-corrected chi connectivity index (χ3v) is 4.36. The molecule has 1 saturated heterocycles. The molecule has 0 amide bonds. The second-order valence-corrected chi connectivity index (χ2v) is 6.04. The van der Waals surface area contributed by atoms with E-state index in [1.807, 2.05) is 54.5 Å². The smallest absolute Gasteiger partial charge is 0.0972 e. The van der Waals surface area contributed by atoms with Crippen LogP contribution in [0.2, 0.25) is 0 Å². The summed E-state index contributed by atoms with van der Waals surface area (Å²) in [7, 11) is 1.97. The van der Waals surface area contributed by atoms with Gasteiger partial charge in [0.1, 0.15) is 0 Å². The van der Waals surface area contributed by atoms with Crippen molar-refractivity contribution < 1.29 is 0 Å². The van der Waals surface area contributed by atoms with Gasteiger partial charge in [0.2, 0.25) is 0 Å². The highest BCUT2D eigenvalue weighted by Gasteiger charge is 2.27. The fourth-order valence-electron chi connectivity index (χ4n) is 3.27. The highest BCUT2D eigenvalue weighted by molar-refractivity contribution is 5.28. The molecule has 1 aromatic carbocycles. The summed E-state index contributed by atoms with van der Waals surface area (Å²) < 4.78 is 1.87. The van der Waals surface area contributed by atoms with Crippen molar-refractivity contribution in [2.45, 2.75) is 25.4 Å². The second kappa shape index (κ2) is 5.96. The molecule has 0 aliphatic carbocycles. The van der Waals surface area contributed by atoms with Crippen molar-refractivity contribution in [3.63, 3.8) is 0 Å². The molecular weight excluding hydrogens is 288 g/mol. The molecule has 1 atom stereocenters. The Morgan fingerprint density at radius 2 is 2.00 bits per heavy atom. The van der Waals surface area contributed by atoms with E-state index in [0.717, 1.165) is 24.5 Å². The molecule has 1 aliphatic rings. The third kappa shape index (κ3) is 2.90. The molecule has 4 rings (SSSR count). The normalized spacial score (nSPS) is 18.6. The zero-order valence-electron chi connectivity index (χ0n) is 13.2. The summed E-state index contributed by atoms with van der Waals surface area (Å²) in [6.07, 6.45) is 8.35. The van der Waals surface area contributed by atoms with Gasteiger partial charge in [-0.1, -0.05) is 18.2 Å². The minimum absolute atomic E-state index is 0.436. The van der Waals surface area contributed by atoms with Gasteiger partial charge in [0, 0.05) is 31.4 Å². The molecule has 0 bridgehead atoms. The summed E-state index contributed by atoms with van der Waals surface area (Å²) >= 11 is 0. The lowest BCUT2D eigenvalue weighted by molar-refractivity contribution is 0.245. The molecule has 3 aromatic rings. The van der Waals surface area contributed by atoms with Gasteiger partial charge < -0.3 is 0 Å². The summed E-state index contributed by atoms with van der Waals surface area (Å²) in [5.74, 6) is 0. The summed E-state index contributed by atoms with van der Waals surface area (Å²) in [4.78, 5) is 4.17. The predicted molar refractivity (Wildman–Crippen MR) is 87.0 cm³/mol. The molecule has 6 nitrogen and oxygen atoms in total. The maximum atomic E-state index is 4.62. The Bertz CT molecular complexity index is 775. The molecule has 1 fully saturated rings. The number of hydrogen-bond acceptors (Lipinski definition) is 4. The van der Waals surface area contributed by atoms with Gasteiger partial charge in [-0.2, -0.15) is 20.1 Å². The number of benzene rings is 1. The van der Waals surface area contributed by atoms with E-state index in [1.54, 1.807) is 4.80 Å². The number of hydrogen-bond donors (Lipinski definition) is 0. The van der Waals surface area contributed by atoms with Crippen molar-refractivity contribution in [3.05, 3.63) is 60.2 Å². The average molecular weight is 308 g/mol. The van der Waals surface area contributed by atoms with Crippen LogP contribution in [0.5, 0.6) is 0 Å². The van der Waals surface area contributed by atoms with E-state index in [1.165, 1.54) is 18.4 Å². The molecule has 118 valence electrons. The maximum Gasteiger partial charge on any atom is 0.0972 e. The molecule has 1 unspecified atom stereocenters. The largest absolute Gasteiger partial charge is 0.290 e. The molecule has 3 heterocycles. The van der Waals surface area contributed by atoms with Crippen molar-refractivity contribution in [2.75, 3.05) is 6.54 Å². The predicted octanol–water partition coefficient (Wildman–Crippen LogP) is 2.34. The Balaban J connectivity index is 1.50. The van der Waals surface area contributed by atoms with Crippen LogP contribution in [-0.4, -0.2) is 36.2 Å². The Hall–Kier alpha value is -2.47. The van der Waals surface area contributed by atoms with Crippen LogP contribution in [0.15, 0.2) is 48.9 Å². The number of aryl methyl sites for hydroxylation is 1. The van der Waals surface area contributed by atoms with Crippen LogP contribution in [0.3, 0.4) is 0 Å². The fraction of sp³-hybridized carbons (Fsp3) is 0.353. The first-order valence-corrected chi connectivity index (χ1v) is 7.99. The first-order valence-electron chi connectivity index (χ1n) is 7.99. The average Bonchev–Trinajstić information content (AvgIpc) is 3.29. The van der Waals surface area contributed by atoms with Crippen LogP contribution in [-0.2, 0) is 13.6 Å². The Labute approximate surface area is 135 Å². The molecular formula is C17H20N6. The zero-order valence-corrected chi connectivity index (χ0v) is 13.2. The standard InChI is InChI=1S/C17H20N6/c1-21-12-14(10-18-21)17-8-5-9-22(17)13-15-11-19-23(20-15)16-6-3-2-4-7-16/h2-4,6-7,10-12,17H,5,8-9,13H2,1H3. The highest BCUT2D eigenvalue weighted by Crippen LogP contribution is 2.32. The van der Waals surface area contributed by atoms with Gasteiger partial charge in [-0.3, -0.25) is 9.58 Å². The summed E-state index contributed by atoms with van der Waals surface area (Å²) in [6, 6.07) is 10.5. The fourth-order valence-corrected chi connectivity index (χ4v) is 3.27. The van der Waals surface area contributed by atoms with E-state index in [4.69, 9.17) is 0 Å². The van der Waals surface area contributed by atoms with Gasteiger partial charge in [-0.05, 0) is 31.5 Å². The van der Waals surface area contributed by atoms with Gasteiger partial charge >= 0.3 is 0 Å². The minimum Gasteiger partial charge on any atom is -0.290 e. The van der Waals surface area contributed by atoms with Crippen molar-refractivity contribution in [1.29, 1.82) is 0 Å². The number of rotatable bonds is 4. The van der Waals surface area contributed by atoms with Gasteiger partial charge in [-0.25, -0.2) is 0 Å². The van der Waals surface area contributed by atoms with Crippen LogP contribution in [0.1, 0.15) is 30.1 Å². The topological polar surface area (TPSA) is 51.8 Å². The number of para-hydroxylation sites is 1. The SMILES string of the molecule is Cn1cc(C2CCCN2Cc2cnn(-c3ccccc3)n2)cn1. The van der Waals surface area contributed by atoms with Gasteiger partial charge in [-0.15, -0.1) is 0 Å². The molecule has 6 heteroatoms. The van der Waals surface area contributed by atoms with Gasteiger partial charge in [0.15, 0.2) is 0 Å². The van der Waals surface area contributed by atoms with E-state index < -0.39 is 0 Å². The summed E-state index contributed by atoms with van der Waals surface area (Å²) in [5.41, 5.74) is 3.29. The monoisotopic (exact) mass is 308 g/mol. The third-order valence-electron chi connectivity index (χ3n) is 4.36. The highest BCUT2D eigenvalue weighted by atomic mass is 15.5. The first kappa shape index (κ1) is 14.1. The Kier molecular flexibility index (Phi) is 3.67. The van der Waals surface area contributed by atoms with Gasteiger partial charge in [0.25, 0.3) is 0 Å². The van der Waals surface area contributed by atoms with E-state index in [9.17, 15) is 0 Å². The van der Waals surface area contributed by atoms with Crippen LogP contribution >= 0.6 is 0 Å². The molecule has 0 radical (unpaired) electrons. The summed E-state index contributed by atoms with van der Waals surface area (Å²) in [6.45, 7) is 1.92. The maximum absolute atomic E-state index is 4.62. The number of nitrogens with zero attached hydrogens (tertiary/aromatic N) is 6. The number of aromatic nitrogens is 5. The van der Waals surface area contributed by atoms with Crippen LogP contribution < -0.4 is 0 Å². The first-order chi connectivity index (χ1) is 11.3. The Morgan fingerprint density at radius 3 is 2.78 bits per heavy atom. The van der Waals surface area contributed by atoms with E-state index in [0.29, 0.717) is 6.04 Å². The lowest BCUT2D eigenvalue weighted by Gasteiger charge is -2.22. The summed E-state index contributed by atoms with van der Waals surface area (Å²) in [5, 5.41) is 13.3. The second-order valence-electron chi connectivity index (χ2n) is 6.04. The van der Waals surface area contributed by atoms with Crippen molar-refractivity contribution >= 4 is 0 Å². The number of likely N-dealkylation sites (tertiary alicyclic amines) is 1. The van der Waals surface area contributed by atoms with E-state index in [2.05, 4.69) is 26.4 Å². The molecule has 1 aliphatic heterocycles. The lowest BCUT2D eigenvalue weighted by Crippen LogP contribution is -2.22. The molecule has 23 heavy (non-hydrogen) atoms. The zero-order chi connectivity index (χ0) is 15.6. The van der Waals surface area contributed by atoms with Crippen LogP contribution in [0.4, 0.5) is 0 Å². The van der Waals surface area contributed by atoms with E-state index in [-0.39, 0.29) is 0 Å². The van der Waals surface area contributed by atoms with Crippen molar-refractivity contribution in [3.8, 4) is 5.69 Å². The van der Waals surface area contributed by atoms with Crippen LogP contribution in [0.25, 0.3) is 5.69 Å². The molecule has 2 aromatic heterocycles. The van der Waals surface area contributed by atoms with Gasteiger partial charge in [0.05, 0.1) is 23.8 Å². The Morgan fingerprint density at radius 1 is 1.13 bits per heavy atom. The molecule has 0 spiro atoms.